The topological polar surface area (TPSA) is 72.8 Å². The van der Waals surface area contributed by atoms with E-state index in [1.807, 2.05) is 90.1 Å². The van der Waals surface area contributed by atoms with Crippen LogP contribution in [0.3, 0.4) is 0 Å². The number of hydrogen-bond donors (Lipinski definition) is 1. The Bertz CT molecular complexity index is 1880. The number of aromatic nitrogens is 1. The number of halogens is 3. The summed E-state index contributed by atoms with van der Waals surface area (Å²) in [5.41, 5.74) is 2.35. The maximum atomic E-state index is 14.2. The molecule has 0 spiro atoms. The van der Waals surface area contributed by atoms with Gasteiger partial charge in [-0.15, -0.1) is 0 Å². The number of carbonyl (C=O) groups excluding carboxylic acids is 2. The van der Waals surface area contributed by atoms with Crippen LogP contribution in [0.5, 0.6) is 0 Å². The lowest BCUT2D eigenvalue weighted by Crippen LogP contribution is -2.44. The molecular formula is C37H40F3N3O4S. The van der Waals surface area contributed by atoms with Crippen molar-refractivity contribution in [1.29, 1.82) is 0 Å². The van der Waals surface area contributed by atoms with E-state index < -0.39 is 29.0 Å². The van der Waals surface area contributed by atoms with Gasteiger partial charge in [0.05, 0.1) is 16.8 Å². The fraction of sp³-hybridized carbons (Fsp3) is 0.405. The van der Waals surface area contributed by atoms with E-state index in [1.54, 1.807) is 9.47 Å². The van der Waals surface area contributed by atoms with Gasteiger partial charge in [0.25, 0.3) is 0 Å². The average Bonchev–Trinajstić information content (AvgIpc) is 3.38. The van der Waals surface area contributed by atoms with Gasteiger partial charge in [-0.2, -0.15) is 13.2 Å². The fourth-order valence-corrected chi connectivity index (χ4v) is 7.28. The molecule has 1 N–H and O–H groups in total. The summed E-state index contributed by atoms with van der Waals surface area (Å²) < 4.78 is 55.3. The largest absolute Gasteiger partial charge is 0.444 e. The van der Waals surface area contributed by atoms with E-state index in [2.05, 4.69) is 5.32 Å². The number of nitrogens with zero attached hydrogens (tertiary/aromatic N) is 2. The van der Waals surface area contributed by atoms with Crippen molar-refractivity contribution in [2.45, 2.75) is 94.0 Å². The predicted molar refractivity (Wildman–Crippen MR) is 182 cm³/mol. The van der Waals surface area contributed by atoms with Crippen molar-refractivity contribution < 1.29 is 32.2 Å². The number of rotatable bonds is 3. The van der Waals surface area contributed by atoms with E-state index in [4.69, 9.17) is 9.47 Å². The minimum absolute atomic E-state index is 0.0974. The summed E-state index contributed by atoms with van der Waals surface area (Å²) >= 11 is 1.30. The van der Waals surface area contributed by atoms with E-state index in [-0.39, 0.29) is 12.1 Å². The molecule has 2 aliphatic heterocycles. The zero-order valence-corrected chi connectivity index (χ0v) is 28.8. The number of alkyl halides is 3. The molecule has 7 nitrogen and oxygen atoms in total. The second-order valence-electron chi connectivity index (χ2n) is 14.4. The van der Waals surface area contributed by atoms with Gasteiger partial charge >= 0.3 is 18.4 Å². The standard InChI is InChI=1S/C37H40F3N3O4S/c1-35(2,3)46-33(44)42-15-13-26(14-16-42)41-28-20-25(37(38,39)40)21-32-27(28)17-24-12-11-23(19-31(24)48-32)30-18-22-9-7-8-10-29(22)43(30)34(45)47-36(4,5)6/h7-12,18-21,26,41H,13-17H2,1-6H3. The number of amides is 1. The van der Waals surface area contributed by atoms with Gasteiger partial charge in [-0.25, -0.2) is 14.2 Å². The van der Waals surface area contributed by atoms with E-state index >= 15 is 0 Å². The molecule has 6 rings (SSSR count). The van der Waals surface area contributed by atoms with Gasteiger partial charge in [0, 0.05) is 46.4 Å². The molecule has 1 aromatic heterocycles. The Morgan fingerprint density at radius 1 is 0.833 bits per heavy atom. The number of carbonyl (C=O) groups is 2. The molecule has 3 aromatic carbocycles. The zero-order valence-electron chi connectivity index (χ0n) is 28.0. The number of fused-ring (bicyclic) bond motifs is 3. The number of piperidine rings is 1. The molecule has 0 unspecified atom stereocenters. The summed E-state index contributed by atoms with van der Waals surface area (Å²) in [6.45, 7) is 11.8. The van der Waals surface area contributed by atoms with Gasteiger partial charge in [0.2, 0.25) is 0 Å². The lowest BCUT2D eigenvalue weighted by atomic mass is 9.97. The minimum atomic E-state index is -4.53. The maximum Gasteiger partial charge on any atom is 0.419 e. The van der Waals surface area contributed by atoms with Gasteiger partial charge in [0.15, 0.2) is 0 Å². The third-order valence-corrected chi connectivity index (χ3v) is 9.46. The molecule has 2 aliphatic rings. The Balaban J connectivity index is 1.29. The molecule has 0 aliphatic carbocycles. The molecule has 4 aromatic rings. The van der Waals surface area contributed by atoms with Crippen molar-refractivity contribution in [3.05, 3.63) is 77.4 Å². The number of ether oxygens (including phenoxy) is 2. The molecule has 0 saturated carbocycles. The van der Waals surface area contributed by atoms with E-state index in [0.717, 1.165) is 27.0 Å². The van der Waals surface area contributed by atoms with E-state index in [0.29, 0.717) is 54.1 Å². The molecule has 0 radical (unpaired) electrons. The number of benzene rings is 3. The normalized spacial score (nSPS) is 15.6. The van der Waals surface area contributed by atoms with Crippen LogP contribution in [0.15, 0.2) is 70.5 Å². The monoisotopic (exact) mass is 679 g/mol. The lowest BCUT2D eigenvalue weighted by Gasteiger charge is -2.35. The first kappa shape index (κ1) is 33.8. The summed E-state index contributed by atoms with van der Waals surface area (Å²) in [7, 11) is 0. The van der Waals surface area contributed by atoms with Crippen LogP contribution >= 0.6 is 11.8 Å². The van der Waals surface area contributed by atoms with Gasteiger partial charge in [0.1, 0.15) is 11.2 Å². The van der Waals surface area contributed by atoms with Crippen molar-refractivity contribution in [2.24, 2.45) is 0 Å². The van der Waals surface area contributed by atoms with Crippen molar-refractivity contribution in [1.82, 2.24) is 9.47 Å². The smallest absolute Gasteiger partial charge is 0.419 e. The van der Waals surface area contributed by atoms with Gasteiger partial charge in [-0.1, -0.05) is 42.1 Å². The average molecular weight is 680 g/mol. The molecule has 1 fully saturated rings. The molecule has 0 bridgehead atoms. The fourth-order valence-electron chi connectivity index (χ4n) is 6.10. The van der Waals surface area contributed by atoms with Crippen LogP contribution < -0.4 is 5.32 Å². The minimum Gasteiger partial charge on any atom is -0.444 e. The highest BCUT2D eigenvalue weighted by Gasteiger charge is 2.35. The van der Waals surface area contributed by atoms with Crippen LogP contribution in [0.4, 0.5) is 28.4 Å². The number of likely N-dealkylation sites (tertiary alicyclic amines) is 1. The number of hydrogen-bond acceptors (Lipinski definition) is 6. The second-order valence-corrected chi connectivity index (χ2v) is 15.5. The molecule has 1 amide bonds. The van der Waals surface area contributed by atoms with E-state index in [9.17, 15) is 22.8 Å². The third kappa shape index (κ3) is 7.31. The Labute approximate surface area is 282 Å². The molecule has 3 heterocycles. The van der Waals surface area contributed by atoms with Crippen LogP contribution in [0, 0.1) is 0 Å². The zero-order chi connectivity index (χ0) is 34.6. The first-order chi connectivity index (χ1) is 22.4. The summed E-state index contributed by atoms with van der Waals surface area (Å²) in [5.74, 6) is 0. The molecule has 254 valence electrons. The number of para-hydroxylation sites is 1. The summed E-state index contributed by atoms with van der Waals surface area (Å²) in [6.07, 6.45) is -3.79. The van der Waals surface area contributed by atoms with Gasteiger partial charge in [-0.3, -0.25) is 0 Å². The summed E-state index contributed by atoms with van der Waals surface area (Å²) in [6, 6.07) is 17.7. The van der Waals surface area contributed by atoms with Crippen LogP contribution in [0.25, 0.3) is 22.2 Å². The van der Waals surface area contributed by atoms with Crippen molar-refractivity contribution in [3.8, 4) is 11.3 Å². The van der Waals surface area contributed by atoms with Crippen LogP contribution in [-0.2, 0) is 22.1 Å². The van der Waals surface area contributed by atoms with Crippen molar-refractivity contribution in [2.75, 3.05) is 18.4 Å². The highest BCUT2D eigenvalue weighted by molar-refractivity contribution is 7.99. The Morgan fingerprint density at radius 2 is 1.50 bits per heavy atom. The second kappa shape index (κ2) is 12.4. The SMILES string of the molecule is CC(C)(C)OC(=O)N1CCC(Nc2cc(C(F)(F)F)cc3c2Cc2ccc(-c4cc5ccccc5n4C(=O)OC(C)(C)C)cc2S3)CC1. The summed E-state index contributed by atoms with van der Waals surface area (Å²) in [4.78, 5) is 29.0. The molecule has 1 saturated heterocycles. The van der Waals surface area contributed by atoms with Crippen molar-refractivity contribution in [3.63, 3.8) is 0 Å². The predicted octanol–water partition coefficient (Wildman–Crippen LogP) is 9.98. The van der Waals surface area contributed by atoms with Gasteiger partial charge < -0.3 is 19.7 Å². The Kier molecular flexibility index (Phi) is 8.72. The first-order valence-electron chi connectivity index (χ1n) is 16.1. The number of nitrogens with one attached hydrogen (secondary N) is 1. The lowest BCUT2D eigenvalue weighted by molar-refractivity contribution is -0.137. The van der Waals surface area contributed by atoms with Gasteiger partial charge in [-0.05, 0) is 101 Å². The number of anilines is 1. The van der Waals surface area contributed by atoms with Crippen LogP contribution in [0.2, 0.25) is 0 Å². The Morgan fingerprint density at radius 3 is 2.17 bits per heavy atom. The molecule has 48 heavy (non-hydrogen) atoms. The summed E-state index contributed by atoms with van der Waals surface area (Å²) in [5, 5.41) is 4.28. The Hall–Kier alpha value is -4.12. The molecule has 0 atom stereocenters. The highest BCUT2D eigenvalue weighted by Crippen LogP contribution is 2.47. The van der Waals surface area contributed by atoms with E-state index in [1.165, 1.54) is 23.9 Å². The maximum absolute atomic E-state index is 14.2. The molecular weight excluding hydrogens is 639 g/mol. The quantitative estimate of drug-likeness (QED) is 0.205. The van der Waals surface area contributed by atoms with Crippen molar-refractivity contribution >= 4 is 40.5 Å². The highest BCUT2D eigenvalue weighted by atomic mass is 32.2. The third-order valence-electron chi connectivity index (χ3n) is 8.28. The van der Waals surface area contributed by atoms with Crippen LogP contribution in [0.1, 0.15) is 71.1 Å². The first-order valence-corrected chi connectivity index (χ1v) is 16.9. The molecule has 11 heteroatoms. The van der Waals surface area contributed by atoms with Crippen LogP contribution in [-0.4, -0.2) is 52.0 Å².